The van der Waals surface area contributed by atoms with E-state index < -0.39 is 5.41 Å². The zero-order valence-corrected chi connectivity index (χ0v) is 23.4. The van der Waals surface area contributed by atoms with Crippen molar-refractivity contribution in [1.82, 2.24) is 0 Å². The smallest absolute Gasteiger partial charge is 0.199 e. The number of hydrogen-bond donors (Lipinski definition) is 0. The van der Waals surface area contributed by atoms with Crippen LogP contribution in [-0.4, -0.2) is 37.1 Å². The van der Waals surface area contributed by atoms with E-state index in [1.165, 1.54) is 32.7 Å². The van der Waals surface area contributed by atoms with Gasteiger partial charge in [-0.15, -0.1) is 0 Å². The number of ether oxygens (including phenoxy) is 2. The first-order valence-electron chi connectivity index (χ1n) is 14.4. The summed E-state index contributed by atoms with van der Waals surface area (Å²) in [5, 5.41) is 5.12. The molecule has 0 N–H and O–H groups in total. The van der Waals surface area contributed by atoms with Crippen molar-refractivity contribution in [2.24, 2.45) is 15.4 Å². The van der Waals surface area contributed by atoms with Crippen LogP contribution in [0.5, 0.6) is 0 Å². The molecule has 4 aromatic carbocycles. The van der Waals surface area contributed by atoms with E-state index >= 15 is 0 Å². The molecule has 6 rings (SSSR count). The van der Waals surface area contributed by atoms with Gasteiger partial charge in [0.05, 0.1) is 12.1 Å². The van der Waals surface area contributed by atoms with Crippen molar-refractivity contribution in [1.29, 1.82) is 0 Å². The standard InChI is InChI=1S/C35H38N2O2/c1-5-35(6-2,33-36-31(21-38-33)23(3)27-19-11-15-25-13-7-9-17-29(25)27)34-37-32(22-39-34)24(4)28-20-12-16-26-14-8-10-18-30(26)28/h7-20,23-24,31-32H,5-6,21-22H2,1-4H3. The van der Waals surface area contributed by atoms with Crippen LogP contribution < -0.4 is 0 Å². The third-order valence-electron chi connectivity index (χ3n) is 9.16. The quantitative estimate of drug-likeness (QED) is 0.235. The summed E-state index contributed by atoms with van der Waals surface area (Å²) in [5.74, 6) is 2.07. The molecule has 4 aromatic rings. The number of hydrogen-bond acceptors (Lipinski definition) is 4. The minimum Gasteiger partial charge on any atom is -0.478 e. The second-order valence-electron chi connectivity index (χ2n) is 11.1. The molecule has 0 bridgehead atoms. The van der Waals surface area contributed by atoms with Gasteiger partial charge >= 0.3 is 0 Å². The largest absolute Gasteiger partial charge is 0.478 e. The molecule has 2 aliphatic heterocycles. The van der Waals surface area contributed by atoms with Crippen LogP contribution in [0.3, 0.4) is 0 Å². The van der Waals surface area contributed by atoms with Crippen LogP contribution in [-0.2, 0) is 9.47 Å². The van der Waals surface area contributed by atoms with Crippen molar-refractivity contribution in [2.45, 2.75) is 64.5 Å². The normalized spacial score (nSPS) is 20.8. The van der Waals surface area contributed by atoms with E-state index in [0.29, 0.717) is 13.2 Å². The minimum atomic E-state index is -0.430. The van der Waals surface area contributed by atoms with Gasteiger partial charge in [0.2, 0.25) is 0 Å². The highest BCUT2D eigenvalue weighted by Gasteiger charge is 2.47. The number of nitrogens with zero attached hydrogens (tertiary/aromatic N) is 2. The molecular formula is C35H38N2O2. The molecule has 4 heteroatoms. The van der Waals surface area contributed by atoms with Gasteiger partial charge in [-0.25, -0.2) is 9.98 Å². The van der Waals surface area contributed by atoms with Crippen LogP contribution >= 0.6 is 0 Å². The predicted molar refractivity (Wildman–Crippen MR) is 162 cm³/mol. The van der Waals surface area contributed by atoms with Gasteiger partial charge < -0.3 is 9.47 Å². The van der Waals surface area contributed by atoms with E-state index in [2.05, 4.69) is 113 Å². The van der Waals surface area contributed by atoms with E-state index in [1.54, 1.807) is 0 Å². The molecule has 0 aromatic heterocycles. The Labute approximate surface area is 231 Å². The van der Waals surface area contributed by atoms with Crippen molar-refractivity contribution in [3.63, 3.8) is 0 Å². The molecule has 0 radical (unpaired) electrons. The molecule has 4 atom stereocenters. The fraction of sp³-hybridized carbons (Fsp3) is 0.371. The fourth-order valence-electron chi connectivity index (χ4n) is 6.47. The fourth-order valence-corrected chi connectivity index (χ4v) is 6.47. The molecule has 0 fully saturated rings. The highest BCUT2D eigenvalue weighted by atomic mass is 16.5. The second-order valence-corrected chi connectivity index (χ2v) is 11.1. The lowest BCUT2D eigenvalue weighted by Crippen LogP contribution is -2.39. The van der Waals surface area contributed by atoms with Crippen molar-refractivity contribution in [3.8, 4) is 0 Å². The third kappa shape index (κ3) is 4.40. The van der Waals surface area contributed by atoms with Crippen LogP contribution in [0.4, 0.5) is 0 Å². The average molecular weight is 519 g/mol. The van der Waals surface area contributed by atoms with Gasteiger partial charge in [-0.05, 0) is 45.5 Å². The topological polar surface area (TPSA) is 43.2 Å². The highest BCUT2D eigenvalue weighted by molar-refractivity contribution is 6.06. The van der Waals surface area contributed by atoms with E-state index in [0.717, 1.165) is 24.6 Å². The lowest BCUT2D eigenvalue weighted by Gasteiger charge is -2.29. The molecule has 4 nitrogen and oxygen atoms in total. The zero-order valence-electron chi connectivity index (χ0n) is 23.4. The second kappa shape index (κ2) is 10.5. The summed E-state index contributed by atoms with van der Waals surface area (Å²) in [7, 11) is 0. The van der Waals surface area contributed by atoms with E-state index in [4.69, 9.17) is 19.5 Å². The summed E-state index contributed by atoms with van der Waals surface area (Å²) in [6.45, 7) is 10.1. The summed E-state index contributed by atoms with van der Waals surface area (Å²) in [5.41, 5.74) is 2.22. The number of rotatable bonds is 8. The predicted octanol–water partition coefficient (Wildman–Crippen LogP) is 8.30. The lowest BCUT2D eigenvalue weighted by molar-refractivity contribution is 0.239. The van der Waals surface area contributed by atoms with Gasteiger partial charge in [-0.1, -0.05) is 113 Å². The first-order chi connectivity index (χ1) is 19.1. The maximum absolute atomic E-state index is 6.41. The van der Waals surface area contributed by atoms with Gasteiger partial charge in [-0.2, -0.15) is 0 Å². The molecular weight excluding hydrogens is 480 g/mol. The number of benzene rings is 4. The molecule has 0 aliphatic carbocycles. The monoisotopic (exact) mass is 518 g/mol. The first kappa shape index (κ1) is 25.6. The van der Waals surface area contributed by atoms with Gasteiger partial charge in [0.25, 0.3) is 0 Å². The Kier molecular flexibility index (Phi) is 6.88. The summed E-state index contributed by atoms with van der Waals surface area (Å²) < 4.78 is 12.8. The first-order valence-corrected chi connectivity index (χ1v) is 14.4. The van der Waals surface area contributed by atoms with Gasteiger partial charge in [0.1, 0.15) is 18.6 Å². The van der Waals surface area contributed by atoms with Crippen molar-refractivity contribution in [3.05, 3.63) is 96.1 Å². The Balaban J connectivity index is 1.29. The third-order valence-corrected chi connectivity index (χ3v) is 9.16. The Hall–Kier alpha value is -3.66. The lowest BCUT2D eigenvalue weighted by atomic mass is 9.81. The molecule has 0 amide bonds. The van der Waals surface area contributed by atoms with Crippen molar-refractivity contribution < 1.29 is 9.47 Å². The Morgan fingerprint density at radius 2 is 1.05 bits per heavy atom. The minimum absolute atomic E-state index is 0.0655. The van der Waals surface area contributed by atoms with Crippen molar-refractivity contribution in [2.75, 3.05) is 13.2 Å². The summed E-state index contributed by atoms with van der Waals surface area (Å²) >= 11 is 0. The van der Waals surface area contributed by atoms with Crippen LogP contribution in [0.15, 0.2) is 94.9 Å². The zero-order chi connectivity index (χ0) is 27.0. The molecule has 39 heavy (non-hydrogen) atoms. The molecule has 2 aliphatic rings. The van der Waals surface area contributed by atoms with E-state index in [9.17, 15) is 0 Å². The summed E-state index contributed by atoms with van der Waals surface area (Å²) in [4.78, 5) is 10.5. The molecule has 4 unspecified atom stereocenters. The Morgan fingerprint density at radius 1 is 0.641 bits per heavy atom. The highest BCUT2D eigenvalue weighted by Crippen LogP contribution is 2.40. The average Bonchev–Trinajstić information content (AvgIpc) is 3.69. The van der Waals surface area contributed by atoms with Crippen LogP contribution in [0.1, 0.15) is 63.5 Å². The number of aliphatic imine (C=N–C) groups is 2. The molecule has 200 valence electrons. The Bertz CT molecular complexity index is 1430. The van der Waals surface area contributed by atoms with E-state index in [1.807, 2.05) is 0 Å². The molecule has 2 heterocycles. The molecule has 0 saturated carbocycles. The van der Waals surface area contributed by atoms with Gasteiger partial charge in [0.15, 0.2) is 11.8 Å². The van der Waals surface area contributed by atoms with Crippen LogP contribution in [0.2, 0.25) is 0 Å². The number of fused-ring (bicyclic) bond motifs is 2. The molecule has 0 spiro atoms. The van der Waals surface area contributed by atoms with Crippen LogP contribution in [0.25, 0.3) is 21.5 Å². The van der Waals surface area contributed by atoms with E-state index in [-0.39, 0.29) is 23.9 Å². The summed E-state index contributed by atoms with van der Waals surface area (Å²) in [6.07, 6.45) is 1.68. The van der Waals surface area contributed by atoms with Crippen LogP contribution in [0, 0.1) is 5.41 Å². The van der Waals surface area contributed by atoms with Crippen molar-refractivity contribution >= 4 is 33.3 Å². The SMILES string of the molecule is CCC(CC)(C1=NC(C(C)c2cccc3ccccc23)CO1)C1=NC(C(C)c2cccc3ccccc23)CO1. The van der Waals surface area contributed by atoms with Gasteiger partial charge in [0, 0.05) is 11.8 Å². The maximum Gasteiger partial charge on any atom is 0.199 e. The summed E-state index contributed by atoms with van der Waals surface area (Å²) in [6, 6.07) is 30.4. The Morgan fingerprint density at radius 3 is 1.49 bits per heavy atom. The van der Waals surface area contributed by atoms with Gasteiger partial charge in [-0.3, -0.25) is 0 Å². The molecule has 0 saturated heterocycles. The maximum atomic E-state index is 6.41.